The molecule has 1 saturated heterocycles. The first-order valence-corrected chi connectivity index (χ1v) is 11.0. The minimum absolute atomic E-state index is 0.00325. The number of nitrogens with one attached hydrogen (secondary N) is 2. The van der Waals surface area contributed by atoms with Crippen molar-refractivity contribution >= 4 is 17.7 Å². The Morgan fingerprint density at radius 3 is 2.20 bits per heavy atom. The van der Waals surface area contributed by atoms with Crippen LogP contribution in [0.3, 0.4) is 0 Å². The van der Waals surface area contributed by atoms with Gasteiger partial charge < -0.3 is 15.5 Å². The predicted octanol–water partition coefficient (Wildman–Crippen LogP) is 3.23. The molecule has 1 atom stereocenters. The number of benzene rings is 1. The topological polar surface area (TPSA) is 78.5 Å². The van der Waals surface area contributed by atoms with Gasteiger partial charge in [0, 0.05) is 31.6 Å². The molecule has 3 amide bonds. The van der Waals surface area contributed by atoms with Crippen LogP contribution in [0, 0.1) is 17.3 Å². The summed E-state index contributed by atoms with van der Waals surface area (Å²) in [5, 5.41) is 5.92. The molecule has 1 fully saturated rings. The maximum absolute atomic E-state index is 12.9. The maximum Gasteiger partial charge on any atom is 0.251 e. The maximum atomic E-state index is 12.9. The SMILES string of the molecule is CC(C)CNC(=O)[C@@H](NC(=O)c1ccccc1)C1CCN(C(=O)CC(C)(C)C)CC1. The molecule has 6 heteroatoms. The molecule has 0 radical (unpaired) electrons. The Kier molecular flexibility index (Phi) is 8.44. The Morgan fingerprint density at radius 2 is 1.67 bits per heavy atom. The van der Waals surface area contributed by atoms with Crippen molar-refractivity contribution in [2.45, 2.75) is 59.9 Å². The number of hydrogen-bond donors (Lipinski definition) is 2. The molecule has 166 valence electrons. The van der Waals surface area contributed by atoms with Crippen LogP contribution in [0.15, 0.2) is 30.3 Å². The molecule has 30 heavy (non-hydrogen) atoms. The van der Waals surface area contributed by atoms with Crippen LogP contribution in [0.4, 0.5) is 0 Å². The summed E-state index contributed by atoms with van der Waals surface area (Å²) in [7, 11) is 0. The van der Waals surface area contributed by atoms with Gasteiger partial charge in [0.1, 0.15) is 6.04 Å². The second kappa shape index (κ2) is 10.6. The van der Waals surface area contributed by atoms with Gasteiger partial charge in [-0.2, -0.15) is 0 Å². The normalized spacial score (nSPS) is 16.3. The Morgan fingerprint density at radius 1 is 1.07 bits per heavy atom. The monoisotopic (exact) mass is 415 g/mol. The summed E-state index contributed by atoms with van der Waals surface area (Å²) >= 11 is 0. The molecule has 0 saturated carbocycles. The summed E-state index contributed by atoms with van der Waals surface area (Å²) in [5.41, 5.74) is 0.494. The average Bonchev–Trinajstić information content (AvgIpc) is 2.69. The molecule has 1 aromatic rings. The van der Waals surface area contributed by atoms with Crippen LogP contribution in [0.5, 0.6) is 0 Å². The standard InChI is InChI=1S/C24H37N3O3/c1-17(2)16-25-23(30)21(26-22(29)19-9-7-6-8-10-19)18-11-13-27(14-12-18)20(28)15-24(3,4)5/h6-10,17-18,21H,11-16H2,1-5H3,(H,25,30)(H,26,29)/t21-/m0/s1. The molecule has 1 aliphatic heterocycles. The van der Waals surface area contributed by atoms with Gasteiger partial charge in [0.25, 0.3) is 5.91 Å². The van der Waals surface area contributed by atoms with E-state index in [1.807, 2.05) is 36.9 Å². The summed E-state index contributed by atoms with van der Waals surface area (Å²) in [6, 6.07) is 8.35. The van der Waals surface area contributed by atoms with Crippen molar-refractivity contribution in [2.24, 2.45) is 17.3 Å². The molecule has 0 aromatic heterocycles. The van der Waals surface area contributed by atoms with Gasteiger partial charge >= 0.3 is 0 Å². The number of nitrogens with zero attached hydrogens (tertiary/aromatic N) is 1. The molecule has 2 N–H and O–H groups in total. The van der Waals surface area contributed by atoms with Crippen molar-refractivity contribution in [2.75, 3.05) is 19.6 Å². The van der Waals surface area contributed by atoms with E-state index in [1.54, 1.807) is 12.1 Å². The fraction of sp³-hybridized carbons (Fsp3) is 0.625. The molecule has 0 bridgehead atoms. The van der Waals surface area contributed by atoms with E-state index in [9.17, 15) is 14.4 Å². The van der Waals surface area contributed by atoms with Gasteiger partial charge in [0.2, 0.25) is 11.8 Å². The van der Waals surface area contributed by atoms with Gasteiger partial charge in [-0.05, 0) is 42.2 Å². The van der Waals surface area contributed by atoms with Crippen LogP contribution in [0.25, 0.3) is 0 Å². The Hall–Kier alpha value is -2.37. The lowest BCUT2D eigenvalue weighted by Gasteiger charge is -2.37. The summed E-state index contributed by atoms with van der Waals surface area (Å²) in [4.78, 5) is 40.1. The van der Waals surface area contributed by atoms with Gasteiger partial charge in [-0.25, -0.2) is 0 Å². The molecule has 6 nitrogen and oxygen atoms in total. The number of hydrogen-bond acceptors (Lipinski definition) is 3. The third kappa shape index (κ3) is 7.47. The zero-order chi connectivity index (χ0) is 22.3. The Labute approximate surface area is 180 Å². The first kappa shape index (κ1) is 23.9. The second-order valence-corrected chi connectivity index (χ2v) is 9.91. The Balaban J connectivity index is 2.04. The first-order chi connectivity index (χ1) is 14.1. The number of carbonyl (C=O) groups is 3. The summed E-state index contributed by atoms with van der Waals surface area (Å²) < 4.78 is 0. The van der Waals surface area contributed by atoms with Gasteiger partial charge in [0.05, 0.1) is 0 Å². The summed E-state index contributed by atoms with van der Waals surface area (Å²) in [6.07, 6.45) is 1.91. The lowest BCUT2D eigenvalue weighted by atomic mass is 9.87. The molecule has 1 aliphatic rings. The molecular weight excluding hydrogens is 378 g/mol. The van der Waals surface area contributed by atoms with Crippen molar-refractivity contribution in [1.29, 1.82) is 0 Å². The van der Waals surface area contributed by atoms with Crippen LogP contribution < -0.4 is 10.6 Å². The highest BCUT2D eigenvalue weighted by atomic mass is 16.2. The van der Waals surface area contributed by atoms with Crippen molar-refractivity contribution in [3.05, 3.63) is 35.9 Å². The van der Waals surface area contributed by atoms with E-state index in [0.717, 1.165) is 0 Å². The van der Waals surface area contributed by atoms with Gasteiger partial charge in [-0.15, -0.1) is 0 Å². The fourth-order valence-electron chi connectivity index (χ4n) is 3.67. The number of piperidine rings is 1. The van der Waals surface area contributed by atoms with Crippen molar-refractivity contribution in [1.82, 2.24) is 15.5 Å². The van der Waals surface area contributed by atoms with Crippen LogP contribution in [0.1, 0.15) is 64.2 Å². The molecular formula is C24H37N3O3. The third-order valence-electron chi connectivity index (χ3n) is 5.33. The third-order valence-corrected chi connectivity index (χ3v) is 5.33. The number of rotatable bonds is 7. The van der Waals surface area contributed by atoms with E-state index in [2.05, 4.69) is 31.4 Å². The van der Waals surface area contributed by atoms with Crippen molar-refractivity contribution in [3.8, 4) is 0 Å². The average molecular weight is 416 g/mol. The van der Waals surface area contributed by atoms with E-state index < -0.39 is 6.04 Å². The van der Waals surface area contributed by atoms with E-state index in [1.165, 1.54) is 0 Å². The molecule has 0 spiro atoms. The summed E-state index contributed by atoms with van der Waals surface area (Å²) in [5.74, 6) is 0.105. The first-order valence-electron chi connectivity index (χ1n) is 11.0. The van der Waals surface area contributed by atoms with E-state index >= 15 is 0 Å². The van der Waals surface area contributed by atoms with Gasteiger partial charge in [0.15, 0.2) is 0 Å². The predicted molar refractivity (Wildman–Crippen MR) is 119 cm³/mol. The number of amides is 3. The zero-order valence-corrected chi connectivity index (χ0v) is 19.0. The Bertz CT molecular complexity index is 717. The molecule has 2 rings (SSSR count). The van der Waals surface area contributed by atoms with Crippen molar-refractivity contribution in [3.63, 3.8) is 0 Å². The fourth-order valence-corrected chi connectivity index (χ4v) is 3.67. The minimum atomic E-state index is -0.601. The highest BCUT2D eigenvalue weighted by Crippen LogP contribution is 2.25. The van der Waals surface area contributed by atoms with Crippen LogP contribution in [0.2, 0.25) is 0 Å². The van der Waals surface area contributed by atoms with Gasteiger partial charge in [-0.3, -0.25) is 14.4 Å². The van der Waals surface area contributed by atoms with Crippen molar-refractivity contribution < 1.29 is 14.4 Å². The second-order valence-electron chi connectivity index (χ2n) is 9.91. The molecule has 1 aromatic carbocycles. The number of likely N-dealkylation sites (tertiary alicyclic amines) is 1. The summed E-state index contributed by atoms with van der Waals surface area (Å²) in [6.45, 7) is 12.1. The van der Waals surface area contributed by atoms with E-state index in [-0.39, 0.29) is 29.1 Å². The van der Waals surface area contributed by atoms with Crippen LogP contribution >= 0.6 is 0 Å². The lowest BCUT2D eigenvalue weighted by molar-refractivity contribution is -0.134. The molecule has 0 unspecified atom stereocenters. The number of carbonyl (C=O) groups excluding carboxylic acids is 3. The van der Waals surface area contributed by atoms with E-state index in [4.69, 9.17) is 0 Å². The molecule has 0 aliphatic carbocycles. The van der Waals surface area contributed by atoms with Crippen LogP contribution in [-0.4, -0.2) is 48.3 Å². The van der Waals surface area contributed by atoms with Gasteiger partial charge in [-0.1, -0.05) is 52.8 Å². The lowest BCUT2D eigenvalue weighted by Crippen LogP contribution is -2.54. The smallest absolute Gasteiger partial charge is 0.251 e. The zero-order valence-electron chi connectivity index (χ0n) is 19.0. The molecule has 1 heterocycles. The highest BCUT2D eigenvalue weighted by molar-refractivity contribution is 5.97. The minimum Gasteiger partial charge on any atom is -0.354 e. The highest BCUT2D eigenvalue weighted by Gasteiger charge is 2.34. The van der Waals surface area contributed by atoms with Crippen LogP contribution in [-0.2, 0) is 9.59 Å². The van der Waals surface area contributed by atoms with E-state index in [0.29, 0.717) is 50.4 Å². The largest absolute Gasteiger partial charge is 0.354 e. The quantitative estimate of drug-likeness (QED) is 0.718.